The van der Waals surface area contributed by atoms with Gasteiger partial charge in [-0.25, -0.2) is 8.42 Å². The number of sulfonamides is 1. The van der Waals surface area contributed by atoms with E-state index in [0.29, 0.717) is 11.3 Å². The first-order valence-electron chi connectivity index (χ1n) is 9.00. The van der Waals surface area contributed by atoms with E-state index >= 15 is 0 Å². The molecule has 0 aromatic heterocycles. The Hall–Kier alpha value is -2.98. The molecule has 10 heteroatoms. The third kappa shape index (κ3) is 4.90. The van der Waals surface area contributed by atoms with E-state index in [1.165, 1.54) is 16.4 Å². The first-order valence-corrected chi connectivity index (χ1v) is 10.4. The quantitative estimate of drug-likeness (QED) is 0.383. The largest absolute Gasteiger partial charge is 0.507 e. The molecule has 29 heavy (non-hydrogen) atoms. The Balaban J connectivity index is 2.52. The second-order valence-electron chi connectivity index (χ2n) is 6.36. The molecule has 0 aliphatic rings. The number of hydrogen-bond acceptors (Lipinski definition) is 7. The maximum absolute atomic E-state index is 13.0. The summed E-state index contributed by atoms with van der Waals surface area (Å²) in [7, 11) is -3.97. The van der Waals surface area contributed by atoms with Gasteiger partial charge in [-0.3, -0.25) is 15.5 Å². The van der Waals surface area contributed by atoms with Crippen LogP contribution in [0.15, 0.2) is 46.4 Å². The molecule has 0 aliphatic heterocycles. The van der Waals surface area contributed by atoms with Gasteiger partial charge in [-0.2, -0.15) is 9.41 Å². The maximum atomic E-state index is 13.0. The van der Waals surface area contributed by atoms with Crippen molar-refractivity contribution in [3.05, 3.63) is 57.6 Å². The van der Waals surface area contributed by atoms with Gasteiger partial charge < -0.3 is 5.11 Å². The Kier molecular flexibility index (Phi) is 6.93. The molecule has 0 bridgehead atoms. The van der Waals surface area contributed by atoms with E-state index in [4.69, 9.17) is 0 Å². The van der Waals surface area contributed by atoms with Crippen LogP contribution in [-0.2, 0) is 10.0 Å². The molecule has 2 aromatic carbocycles. The van der Waals surface area contributed by atoms with E-state index in [2.05, 4.69) is 10.5 Å². The Morgan fingerprint density at radius 2 is 1.86 bits per heavy atom. The third-order valence-corrected chi connectivity index (χ3v) is 6.47. The SMILES string of the molecule is CCN(CC)S(=O)(=O)c1cc([N+](=O)[O-])ccc1N/N=C(\C)c1cc(C)ccc1O. The van der Waals surface area contributed by atoms with E-state index in [1.807, 2.05) is 6.92 Å². The van der Waals surface area contributed by atoms with Crippen LogP contribution in [0.5, 0.6) is 5.75 Å². The molecule has 0 radical (unpaired) electrons. The highest BCUT2D eigenvalue weighted by Crippen LogP contribution is 2.29. The minimum Gasteiger partial charge on any atom is -0.507 e. The maximum Gasteiger partial charge on any atom is 0.270 e. The van der Waals surface area contributed by atoms with Crippen LogP contribution in [0.1, 0.15) is 31.9 Å². The van der Waals surface area contributed by atoms with E-state index in [9.17, 15) is 23.6 Å². The van der Waals surface area contributed by atoms with Gasteiger partial charge in [0.1, 0.15) is 10.6 Å². The first-order chi connectivity index (χ1) is 13.6. The zero-order chi connectivity index (χ0) is 21.8. The molecule has 0 saturated heterocycles. The van der Waals surface area contributed by atoms with Gasteiger partial charge in [-0.05, 0) is 32.0 Å². The van der Waals surface area contributed by atoms with Crippen LogP contribution in [0, 0.1) is 17.0 Å². The highest BCUT2D eigenvalue weighted by molar-refractivity contribution is 7.89. The van der Waals surface area contributed by atoms with Crippen molar-refractivity contribution >= 4 is 27.1 Å². The average molecular weight is 420 g/mol. The van der Waals surface area contributed by atoms with Crippen molar-refractivity contribution in [2.45, 2.75) is 32.6 Å². The first kappa shape index (κ1) is 22.3. The number of nitrogens with one attached hydrogen (secondary N) is 1. The number of hydrazone groups is 1. The van der Waals surface area contributed by atoms with Crippen molar-refractivity contribution in [3.63, 3.8) is 0 Å². The fourth-order valence-electron chi connectivity index (χ4n) is 2.78. The molecule has 0 spiro atoms. The highest BCUT2D eigenvalue weighted by atomic mass is 32.2. The standard InChI is InChI=1S/C19H24N4O5S/c1-5-22(6-2)29(27,28)19-12-15(23(25)26)8-9-17(19)21-20-14(4)16-11-13(3)7-10-18(16)24/h7-12,21,24H,5-6H2,1-4H3/b20-14+. The molecule has 0 amide bonds. The predicted octanol–water partition coefficient (Wildman–Crippen LogP) is 3.48. The number of hydrogen-bond donors (Lipinski definition) is 2. The normalized spacial score (nSPS) is 12.2. The van der Waals surface area contributed by atoms with E-state index in [-0.39, 0.29) is 35.1 Å². The number of benzene rings is 2. The molecule has 156 valence electrons. The molecular formula is C19H24N4O5S. The minimum atomic E-state index is -3.97. The molecule has 2 aromatic rings. The fourth-order valence-corrected chi connectivity index (χ4v) is 4.40. The summed E-state index contributed by atoms with van der Waals surface area (Å²) in [6.07, 6.45) is 0. The van der Waals surface area contributed by atoms with Crippen molar-refractivity contribution in [2.75, 3.05) is 18.5 Å². The van der Waals surface area contributed by atoms with Crippen LogP contribution in [0.2, 0.25) is 0 Å². The molecule has 9 nitrogen and oxygen atoms in total. The zero-order valence-corrected chi connectivity index (χ0v) is 17.5. The number of nitro groups is 1. The van der Waals surface area contributed by atoms with Gasteiger partial charge in [0.2, 0.25) is 10.0 Å². The second-order valence-corrected chi connectivity index (χ2v) is 8.26. The summed E-state index contributed by atoms with van der Waals surface area (Å²) >= 11 is 0. The Morgan fingerprint density at radius 3 is 2.45 bits per heavy atom. The van der Waals surface area contributed by atoms with Crippen LogP contribution in [0.3, 0.4) is 0 Å². The molecule has 2 N–H and O–H groups in total. The molecule has 0 heterocycles. The van der Waals surface area contributed by atoms with Crippen molar-refractivity contribution in [1.29, 1.82) is 0 Å². The number of anilines is 1. The molecule has 0 aliphatic carbocycles. The third-order valence-electron chi connectivity index (χ3n) is 4.39. The number of nitro benzene ring substituents is 1. The highest BCUT2D eigenvalue weighted by Gasteiger charge is 2.27. The van der Waals surface area contributed by atoms with Gasteiger partial charge in [-0.15, -0.1) is 0 Å². The smallest absolute Gasteiger partial charge is 0.270 e. The van der Waals surface area contributed by atoms with Gasteiger partial charge >= 0.3 is 0 Å². The molecule has 2 rings (SSSR count). The van der Waals surface area contributed by atoms with Crippen LogP contribution in [0.4, 0.5) is 11.4 Å². The summed E-state index contributed by atoms with van der Waals surface area (Å²) in [5.41, 5.74) is 4.30. The van der Waals surface area contributed by atoms with Crippen molar-refractivity contribution in [3.8, 4) is 5.75 Å². The monoisotopic (exact) mass is 420 g/mol. The van der Waals surface area contributed by atoms with E-state index in [1.54, 1.807) is 39.0 Å². The van der Waals surface area contributed by atoms with E-state index in [0.717, 1.165) is 11.6 Å². The van der Waals surface area contributed by atoms with Gasteiger partial charge in [0.05, 0.1) is 16.3 Å². The summed E-state index contributed by atoms with van der Waals surface area (Å²) in [5, 5.41) is 25.4. The summed E-state index contributed by atoms with van der Waals surface area (Å²) < 4.78 is 27.2. The molecule has 0 fully saturated rings. The number of aromatic hydroxyl groups is 1. The number of phenolic OH excluding ortho intramolecular Hbond substituents is 1. The lowest BCUT2D eigenvalue weighted by atomic mass is 10.1. The summed E-state index contributed by atoms with van der Waals surface area (Å²) in [6, 6.07) is 8.58. The lowest BCUT2D eigenvalue weighted by Crippen LogP contribution is -2.31. The lowest BCUT2D eigenvalue weighted by molar-refractivity contribution is -0.385. The van der Waals surface area contributed by atoms with Crippen LogP contribution in [0.25, 0.3) is 0 Å². The Morgan fingerprint density at radius 1 is 1.21 bits per heavy atom. The van der Waals surface area contributed by atoms with Crippen LogP contribution < -0.4 is 5.43 Å². The molecule has 0 saturated carbocycles. The van der Waals surface area contributed by atoms with Crippen molar-refractivity contribution in [2.24, 2.45) is 5.10 Å². The van der Waals surface area contributed by atoms with Gasteiger partial charge in [-0.1, -0.05) is 25.5 Å². The van der Waals surface area contributed by atoms with Gasteiger partial charge in [0.25, 0.3) is 5.69 Å². The van der Waals surface area contributed by atoms with E-state index < -0.39 is 14.9 Å². The van der Waals surface area contributed by atoms with Gasteiger partial charge in [0.15, 0.2) is 0 Å². The van der Waals surface area contributed by atoms with Crippen LogP contribution in [-0.4, -0.2) is 41.6 Å². The van der Waals surface area contributed by atoms with Gasteiger partial charge in [0, 0.05) is 30.8 Å². The summed E-state index contributed by atoms with van der Waals surface area (Å²) in [5.74, 6) is 0.0401. The minimum absolute atomic E-state index is 0.0401. The summed E-state index contributed by atoms with van der Waals surface area (Å²) in [4.78, 5) is 10.3. The average Bonchev–Trinajstić information content (AvgIpc) is 2.68. The molecule has 0 atom stereocenters. The van der Waals surface area contributed by atoms with Crippen molar-refractivity contribution < 1.29 is 18.4 Å². The topological polar surface area (TPSA) is 125 Å². The molecular weight excluding hydrogens is 396 g/mol. The summed E-state index contributed by atoms with van der Waals surface area (Å²) in [6.45, 7) is 7.35. The number of aryl methyl sites for hydroxylation is 1. The second kappa shape index (κ2) is 9.01. The predicted molar refractivity (Wildman–Crippen MR) is 112 cm³/mol. The number of nitrogens with zero attached hydrogens (tertiary/aromatic N) is 3. The Labute approximate surface area is 169 Å². The zero-order valence-electron chi connectivity index (χ0n) is 16.7. The van der Waals surface area contributed by atoms with Crippen LogP contribution >= 0.6 is 0 Å². The Bertz CT molecular complexity index is 1050. The number of phenols is 1. The fraction of sp³-hybridized carbons (Fsp3) is 0.316. The molecule has 0 unspecified atom stereocenters. The lowest BCUT2D eigenvalue weighted by Gasteiger charge is -2.20. The number of non-ortho nitro benzene ring substituents is 1. The van der Waals surface area contributed by atoms with Crippen molar-refractivity contribution in [1.82, 2.24) is 4.31 Å². The number of rotatable bonds is 8.